The maximum atomic E-state index is 13.1. The average molecular weight is 365 g/mol. The van der Waals surface area contributed by atoms with Crippen LogP contribution in [-0.4, -0.2) is 23.9 Å². The number of carbonyl (C=O) groups excluding carboxylic acids is 2. The Hall–Kier alpha value is -2.77. The summed E-state index contributed by atoms with van der Waals surface area (Å²) < 4.78 is 5.35. The molecule has 2 aromatic heterocycles. The summed E-state index contributed by atoms with van der Waals surface area (Å²) in [5.41, 5.74) is 3.89. The number of fused-ring (bicyclic) bond motifs is 7. The van der Waals surface area contributed by atoms with E-state index in [-0.39, 0.29) is 11.8 Å². The van der Waals surface area contributed by atoms with Gasteiger partial charge >= 0.3 is 0 Å². The molecule has 0 radical (unpaired) electrons. The number of aryl methyl sites for hydroxylation is 1. The molecule has 130 valence electrons. The molecule has 5 rings (SSSR count). The molecule has 0 saturated heterocycles. The highest BCUT2D eigenvalue weighted by atomic mass is 32.1. The Morgan fingerprint density at radius 3 is 2.92 bits per heavy atom. The fourth-order valence-electron chi connectivity index (χ4n) is 3.83. The lowest BCUT2D eigenvalue weighted by Crippen LogP contribution is -2.44. The van der Waals surface area contributed by atoms with Gasteiger partial charge in [-0.2, -0.15) is 0 Å². The molecule has 0 saturated carbocycles. The minimum absolute atomic E-state index is 0.101. The summed E-state index contributed by atoms with van der Waals surface area (Å²) in [6, 6.07) is 9.36. The fourth-order valence-corrected chi connectivity index (χ4v) is 4.99. The van der Waals surface area contributed by atoms with Crippen molar-refractivity contribution in [1.29, 1.82) is 0 Å². The molecule has 6 nitrogen and oxygen atoms in total. The molecule has 0 bridgehead atoms. The zero-order chi connectivity index (χ0) is 18.0. The fraction of sp³-hybridized carbons (Fsp3) is 0.211. The molecule has 1 aromatic carbocycles. The molecule has 2 aliphatic heterocycles. The normalized spacial score (nSPS) is 17.9. The molecular weight excluding hydrogens is 350 g/mol. The molecular formula is C19H15N3O3S. The van der Waals surface area contributed by atoms with Crippen LogP contribution in [0.1, 0.15) is 43.0 Å². The first kappa shape index (κ1) is 15.5. The highest BCUT2D eigenvalue weighted by Crippen LogP contribution is 2.48. The Bertz CT molecular complexity index is 1100. The van der Waals surface area contributed by atoms with Crippen molar-refractivity contribution in [2.24, 2.45) is 0 Å². The van der Waals surface area contributed by atoms with E-state index < -0.39 is 6.17 Å². The van der Waals surface area contributed by atoms with Crippen molar-refractivity contribution in [2.75, 3.05) is 12.0 Å². The second-order valence-corrected chi connectivity index (χ2v) is 7.45. The van der Waals surface area contributed by atoms with E-state index in [0.29, 0.717) is 22.7 Å². The van der Waals surface area contributed by atoms with E-state index in [0.717, 1.165) is 27.0 Å². The van der Waals surface area contributed by atoms with Crippen LogP contribution in [0, 0.1) is 6.92 Å². The Kier molecular flexibility index (Phi) is 3.19. The first-order valence-corrected chi connectivity index (χ1v) is 9.07. The molecule has 2 amide bonds. The van der Waals surface area contributed by atoms with E-state index in [1.165, 1.54) is 11.3 Å². The maximum Gasteiger partial charge on any atom is 0.265 e. The van der Waals surface area contributed by atoms with Crippen LogP contribution in [0.5, 0.6) is 0 Å². The van der Waals surface area contributed by atoms with Crippen molar-refractivity contribution in [1.82, 2.24) is 10.3 Å². The van der Waals surface area contributed by atoms with Crippen LogP contribution in [-0.2, 0) is 11.3 Å². The predicted molar refractivity (Wildman–Crippen MR) is 98.5 cm³/mol. The van der Waals surface area contributed by atoms with Crippen molar-refractivity contribution >= 4 is 39.1 Å². The number of hydrogen-bond acceptors (Lipinski definition) is 5. The van der Waals surface area contributed by atoms with Crippen LogP contribution in [0.15, 0.2) is 30.3 Å². The SMILES string of the molecule is COCc1cc(C)nc2sc3c(c12)N1C(=O)c2ccccc2C1NC3=O. The van der Waals surface area contributed by atoms with E-state index in [2.05, 4.69) is 10.3 Å². The predicted octanol–water partition coefficient (Wildman–Crippen LogP) is 3.15. The molecule has 3 aromatic rings. The van der Waals surface area contributed by atoms with E-state index in [1.54, 1.807) is 18.1 Å². The van der Waals surface area contributed by atoms with Gasteiger partial charge in [0.25, 0.3) is 11.8 Å². The Morgan fingerprint density at radius 1 is 1.31 bits per heavy atom. The van der Waals surface area contributed by atoms with Gasteiger partial charge in [0.15, 0.2) is 0 Å². The zero-order valence-corrected chi connectivity index (χ0v) is 15.0. The van der Waals surface area contributed by atoms with Crippen LogP contribution < -0.4 is 10.2 Å². The van der Waals surface area contributed by atoms with E-state index in [9.17, 15) is 9.59 Å². The molecule has 1 unspecified atom stereocenters. The monoisotopic (exact) mass is 365 g/mol. The number of anilines is 1. The third-order valence-corrected chi connectivity index (χ3v) is 5.90. The number of nitrogens with one attached hydrogen (secondary N) is 1. The van der Waals surface area contributed by atoms with Gasteiger partial charge in [-0.15, -0.1) is 11.3 Å². The number of rotatable bonds is 2. The van der Waals surface area contributed by atoms with Crippen LogP contribution in [0.4, 0.5) is 5.69 Å². The third kappa shape index (κ3) is 1.92. The lowest BCUT2D eigenvalue weighted by molar-refractivity contribution is 0.0916. The van der Waals surface area contributed by atoms with Gasteiger partial charge in [-0.3, -0.25) is 14.5 Å². The van der Waals surface area contributed by atoms with Crippen molar-refractivity contribution in [3.8, 4) is 0 Å². The van der Waals surface area contributed by atoms with Crippen molar-refractivity contribution in [3.63, 3.8) is 0 Å². The topological polar surface area (TPSA) is 71.5 Å². The third-order valence-electron chi connectivity index (χ3n) is 4.82. The number of nitrogens with zero attached hydrogens (tertiary/aromatic N) is 2. The number of thiophene rings is 1. The largest absolute Gasteiger partial charge is 0.380 e. The van der Waals surface area contributed by atoms with Crippen molar-refractivity contribution in [2.45, 2.75) is 19.7 Å². The highest BCUT2D eigenvalue weighted by molar-refractivity contribution is 7.21. The molecule has 1 atom stereocenters. The van der Waals surface area contributed by atoms with E-state index >= 15 is 0 Å². The minimum atomic E-state index is -0.479. The summed E-state index contributed by atoms with van der Waals surface area (Å²) in [6.45, 7) is 2.31. The van der Waals surface area contributed by atoms with E-state index in [1.807, 2.05) is 31.2 Å². The summed E-state index contributed by atoms with van der Waals surface area (Å²) >= 11 is 1.32. The second-order valence-electron chi connectivity index (χ2n) is 6.45. The van der Waals surface area contributed by atoms with Gasteiger partial charge in [0.2, 0.25) is 0 Å². The number of pyridine rings is 1. The Labute approximate surface area is 153 Å². The van der Waals surface area contributed by atoms with E-state index in [4.69, 9.17) is 4.74 Å². The van der Waals surface area contributed by atoms with Gasteiger partial charge in [-0.05, 0) is 24.6 Å². The van der Waals surface area contributed by atoms with Gasteiger partial charge < -0.3 is 10.1 Å². The summed E-state index contributed by atoms with van der Waals surface area (Å²) in [5, 5.41) is 3.80. The lowest BCUT2D eigenvalue weighted by Gasteiger charge is -2.31. The quantitative estimate of drug-likeness (QED) is 0.757. The molecule has 0 aliphatic carbocycles. The highest BCUT2D eigenvalue weighted by Gasteiger charge is 2.45. The number of aromatic nitrogens is 1. The second kappa shape index (κ2) is 5.36. The summed E-state index contributed by atoms with van der Waals surface area (Å²) in [5.74, 6) is -0.273. The van der Waals surface area contributed by atoms with Gasteiger partial charge in [-0.25, -0.2) is 4.98 Å². The van der Waals surface area contributed by atoms with Crippen molar-refractivity contribution < 1.29 is 14.3 Å². The molecule has 0 fully saturated rings. The lowest BCUT2D eigenvalue weighted by atomic mass is 10.1. The summed E-state index contributed by atoms with van der Waals surface area (Å²) in [6.07, 6.45) is -0.479. The van der Waals surface area contributed by atoms with Crippen LogP contribution in [0.25, 0.3) is 10.2 Å². The Morgan fingerprint density at radius 2 is 2.12 bits per heavy atom. The van der Waals surface area contributed by atoms with Crippen LogP contribution >= 0.6 is 11.3 Å². The first-order chi connectivity index (χ1) is 12.6. The number of benzene rings is 1. The molecule has 0 spiro atoms. The molecule has 1 N–H and O–H groups in total. The summed E-state index contributed by atoms with van der Waals surface area (Å²) in [4.78, 5) is 33.4. The van der Waals surface area contributed by atoms with Crippen LogP contribution in [0.3, 0.4) is 0 Å². The number of methoxy groups -OCH3 is 1. The zero-order valence-electron chi connectivity index (χ0n) is 14.2. The van der Waals surface area contributed by atoms with Gasteiger partial charge in [0, 0.05) is 29.3 Å². The van der Waals surface area contributed by atoms with Crippen LogP contribution in [0.2, 0.25) is 0 Å². The molecule has 2 aliphatic rings. The number of ether oxygens (including phenoxy) is 1. The standard InChI is InChI=1S/C19H15N3O3S/c1-9-7-10(8-25-2)13-14-15(26-18(13)20-9)17(23)21-16-11-5-3-4-6-12(11)19(24)22(14)16/h3-7,16H,8H2,1-2H3,(H,21,23). The first-order valence-electron chi connectivity index (χ1n) is 8.25. The Balaban J connectivity index is 1.83. The number of amides is 2. The average Bonchev–Trinajstić information content (AvgIpc) is 3.13. The number of hydrogen-bond donors (Lipinski definition) is 1. The summed E-state index contributed by atoms with van der Waals surface area (Å²) in [7, 11) is 1.63. The smallest absolute Gasteiger partial charge is 0.265 e. The van der Waals surface area contributed by atoms with Gasteiger partial charge in [0.05, 0.1) is 12.3 Å². The molecule has 26 heavy (non-hydrogen) atoms. The molecule has 4 heterocycles. The van der Waals surface area contributed by atoms with Gasteiger partial charge in [0.1, 0.15) is 15.9 Å². The van der Waals surface area contributed by atoms with Gasteiger partial charge in [-0.1, -0.05) is 18.2 Å². The maximum absolute atomic E-state index is 13.1. The van der Waals surface area contributed by atoms with Crippen molar-refractivity contribution in [3.05, 3.63) is 57.6 Å². The number of carbonyl (C=O) groups is 2. The molecule has 7 heteroatoms. The minimum Gasteiger partial charge on any atom is -0.380 e.